The van der Waals surface area contributed by atoms with Crippen molar-refractivity contribution in [2.45, 2.75) is 110 Å². The second kappa shape index (κ2) is 23.1. The molecule has 6 amide bonds. The summed E-state index contributed by atoms with van der Waals surface area (Å²) in [7, 11) is 0. The van der Waals surface area contributed by atoms with Gasteiger partial charge in [0.2, 0.25) is 17.8 Å². The lowest BCUT2D eigenvalue weighted by Gasteiger charge is -2.28. The molecule has 0 fully saturated rings. The van der Waals surface area contributed by atoms with Gasteiger partial charge in [-0.3, -0.25) is 30.9 Å². The predicted molar refractivity (Wildman–Crippen MR) is 223 cm³/mol. The summed E-state index contributed by atoms with van der Waals surface area (Å²) in [6.07, 6.45) is -5.29. The smallest absolute Gasteiger partial charge is 0.437 e. The quantitative estimate of drug-likeness (QED) is 0.0474. The number of hydrogen-bond donors (Lipinski definition) is 10. The molecule has 0 aliphatic heterocycles. The number of carboxylic acid groups (broad SMARTS) is 2. The maximum Gasteiger partial charge on any atom is 0.437 e. The Morgan fingerprint density at radius 3 is 1.88 bits per heavy atom. The lowest BCUT2D eigenvalue weighted by Crippen LogP contribution is -2.61. The van der Waals surface area contributed by atoms with Gasteiger partial charge in [0.25, 0.3) is 0 Å². The Labute approximate surface area is 352 Å². The van der Waals surface area contributed by atoms with Gasteiger partial charge in [0.1, 0.15) is 34.8 Å². The van der Waals surface area contributed by atoms with Gasteiger partial charge in [0.05, 0.1) is 6.26 Å². The first-order valence-corrected chi connectivity index (χ1v) is 20.6. The van der Waals surface area contributed by atoms with E-state index < -0.39 is 88.9 Å². The second-order valence-corrected chi connectivity index (χ2v) is 17.3. The Bertz CT molecular complexity index is 1790. The standard InChI is InChI=1S/C39H58N8O12S/c1-22-17-26(48)18-23(2)27(22)20-29(43-33(46-36(55)58-38(3,4)5)47-37(56)59-39(6,7)8)31(50)42-28(15-16-60(9)57)30(49)40-21-25(19-24-13-11-10-12-14-24)41-32(44-34(51)52)45-35(53)54/h10-14,17-18,25,28-29,32,41,44-45,48H,15-16,19-21H2,1-9H3,(H,40,49)(H,42,50)(H,51,52)(H,53,54)(H2,43,46,47,55,56)/t25-,28+,29-,60?/m0/s1. The van der Waals surface area contributed by atoms with Crippen LogP contribution in [0.4, 0.5) is 19.2 Å². The van der Waals surface area contributed by atoms with Crippen molar-refractivity contribution in [2.75, 3.05) is 18.6 Å². The molecule has 0 heterocycles. The number of phenols is 1. The molecule has 2 aromatic rings. The van der Waals surface area contributed by atoms with Crippen molar-refractivity contribution >= 4 is 53.3 Å². The molecule has 0 bridgehead atoms. The minimum absolute atomic E-state index is 0.0168. The Hall–Kier alpha value is -5.80. The van der Waals surface area contributed by atoms with Crippen molar-refractivity contribution < 1.29 is 58.1 Å². The fraction of sp³-hybridized carbons (Fsp3) is 0.513. The highest BCUT2D eigenvalue weighted by Crippen LogP contribution is 2.22. The number of carbonyl (C=O) groups excluding carboxylic acids is 4. The number of aliphatic imine (C=N–C) groups is 1. The lowest BCUT2D eigenvalue weighted by atomic mass is 9.95. The molecule has 332 valence electrons. The Balaban J connectivity index is 2.55. The number of rotatable bonds is 17. The van der Waals surface area contributed by atoms with E-state index in [1.807, 2.05) is 10.6 Å². The zero-order valence-electron chi connectivity index (χ0n) is 35.3. The van der Waals surface area contributed by atoms with Crippen LogP contribution in [0.15, 0.2) is 47.5 Å². The van der Waals surface area contributed by atoms with Crippen LogP contribution in [0.2, 0.25) is 0 Å². The van der Waals surface area contributed by atoms with Crippen LogP contribution in [0.25, 0.3) is 0 Å². The van der Waals surface area contributed by atoms with Crippen molar-refractivity contribution in [3.05, 3.63) is 64.7 Å². The first-order chi connectivity index (χ1) is 27.8. The zero-order chi connectivity index (χ0) is 45.4. The zero-order valence-corrected chi connectivity index (χ0v) is 36.1. The number of phenolic OH excluding ortho intramolecular Hbond substituents is 1. The Morgan fingerprint density at radius 2 is 1.37 bits per heavy atom. The van der Waals surface area contributed by atoms with E-state index in [1.165, 1.54) is 18.4 Å². The number of ether oxygens (including phenoxy) is 2. The Kier molecular flexibility index (Phi) is 19.4. The molecule has 0 saturated carbocycles. The van der Waals surface area contributed by atoms with Crippen LogP contribution in [-0.4, -0.2) is 116 Å². The van der Waals surface area contributed by atoms with E-state index in [0.29, 0.717) is 16.7 Å². The highest BCUT2D eigenvalue weighted by atomic mass is 32.2. The number of amides is 6. The summed E-state index contributed by atoms with van der Waals surface area (Å²) in [6.45, 7) is 12.9. The summed E-state index contributed by atoms with van der Waals surface area (Å²) in [4.78, 5) is 80.8. The number of benzene rings is 2. The average molecular weight is 863 g/mol. The van der Waals surface area contributed by atoms with E-state index in [2.05, 4.69) is 31.6 Å². The third-order valence-electron chi connectivity index (χ3n) is 8.04. The van der Waals surface area contributed by atoms with Gasteiger partial charge in [-0.25, -0.2) is 19.2 Å². The number of nitrogens with zero attached hydrogens (tertiary/aromatic N) is 1. The number of carbonyl (C=O) groups is 6. The molecule has 2 aromatic carbocycles. The van der Waals surface area contributed by atoms with E-state index in [9.17, 15) is 48.6 Å². The van der Waals surface area contributed by atoms with Crippen LogP contribution in [-0.2, 0) is 43.1 Å². The molecule has 2 rings (SSSR count). The largest absolute Gasteiger partial charge is 0.617 e. The molecule has 21 heteroatoms. The third-order valence-corrected chi connectivity index (χ3v) is 8.86. The third kappa shape index (κ3) is 20.3. The minimum Gasteiger partial charge on any atom is -0.617 e. The number of aryl methyl sites for hydroxylation is 2. The SMILES string of the molecule is Cc1cc(O)cc(C)c1C[C@H](N/C(=N/C(=O)OC(C)(C)C)NC(=O)OC(C)(C)C)C(=O)N[C@H](CC[S+](C)[O-])C(=O)NC[C@H](Cc1ccccc1)NC(NC(=O)O)NC(=O)O. The first-order valence-electron chi connectivity index (χ1n) is 18.8. The number of aromatic hydroxyl groups is 1. The molecule has 0 spiro atoms. The molecule has 0 aliphatic rings. The Morgan fingerprint density at radius 1 is 0.800 bits per heavy atom. The fourth-order valence-corrected chi connectivity index (χ4v) is 6.17. The molecule has 60 heavy (non-hydrogen) atoms. The summed E-state index contributed by atoms with van der Waals surface area (Å²) in [5.74, 6) is -2.10. The predicted octanol–water partition coefficient (Wildman–Crippen LogP) is 2.71. The van der Waals surface area contributed by atoms with E-state index in [0.717, 1.165) is 5.56 Å². The molecule has 1 unspecified atom stereocenters. The molecule has 0 aliphatic carbocycles. The lowest BCUT2D eigenvalue weighted by molar-refractivity contribution is -0.130. The highest BCUT2D eigenvalue weighted by molar-refractivity contribution is 7.90. The monoisotopic (exact) mass is 862 g/mol. The molecular weight excluding hydrogens is 805 g/mol. The van der Waals surface area contributed by atoms with E-state index in [-0.39, 0.29) is 37.3 Å². The van der Waals surface area contributed by atoms with Crippen molar-refractivity contribution in [2.24, 2.45) is 4.99 Å². The topological polar surface area (TPSA) is 301 Å². The van der Waals surface area contributed by atoms with E-state index >= 15 is 0 Å². The molecule has 0 aromatic heterocycles. The van der Waals surface area contributed by atoms with Crippen molar-refractivity contribution in [1.82, 2.24) is 37.2 Å². The maximum absolute atomic E-state index is 14.4. The summed E-state index contributed by atoms with van der Waals surface area (Å²) in [5.41, 5.74) is 0.604. The maximum atomic E-state index is 14.4. The average Bonchev–Trinajstić information content (AvgIpc) is 3.07. The van der Waals surface area contributed by atoms with Gasteiger partial charge in [0, 0.05) is 25.4 Å². The molecule has 20 nitrogen and oxygen atoms in total. The minimum atomic E-state index is -1.53. The second-order valence-electron chi connectivity index (χ2n) is 15.8. The van der Waals surface area contributed by atoms with Gasteiger partial charge in [-0.15, -0.1) is 4.99 Å². The van der Waals surface area contributed by atoms with Gasteiger partial charge in [0.15, 0.2) is 6.29 Å². The van der Waals surface area contributed by atoms with E-state index in [1.54, 1.807) is 85.7 Å². The fourth-order valence-electron chi connectivity index (χ4n) is 5.61. The van der Waals surface area contributed by atoms with Crippen molar-refractivity contribution in [1.29, 1.82) is 0 Å². The van der Waals surface area contributed by atoms with Gasteiger partial charge in [-0.2, -0.15) is 0 Å². The van der Waals surface area contributed by atoms with Crippen LogP contribution in [0, 0.1) is 13.8 Å². The number of alkyl carbamates (subject to hydrolysis) is 1. The summed E-state index contributed by atoms with van der Waals surface area (Å²) >= 11 is -1.41. The summed E-state index contributed by atoms with van der Waals surface area (Å²) in [6, 6.07) is 8.38. The van der Waals surface area contributed by atoms with Crippen LogP contribution < -0.4 is 37.2 Å². The number of nitrogens with one attached hydrogen (secondary N) is 7. The molecule has 0 saturated heterocycles. The molecule has 0 radical (unpaired) electrons. The van der Waals surface area contributed by atoms with E-state index in [4.69, 9.17) is 9.47 Å². The highest BCUT2D eigenvalue weighted by Gasteiger charge is 2.31. The molecule has 4 atom stereocenters. The number of hydrogen-bond acceptors (Lipinski definition) is 11. The van der Waals surface area contributed by atoms with Gasteiger partial charge in [-0.1, -0.05) is 41.5 Å². The summed E-state index contributed by atoms with van der Waals surface area (Å²) < 4.78 is 22.9. The van der Waals surface area contributed by atoms with Crippen LogP contribution >= 0.6 is 0 Å². The van der Waals surface area contributed by atoms with Crippen molar-refractivity contribution in [3.63, 3.8) is 0 Å². The molecule has 10 N–H and O–H groups in total. The molecular formula is C39H58N8O12S. The van der Waals surface area contributed by atoms with Gasteiger partial charge < -0.3 is 45.3 Å². The number of guanidine groups is 1. The van der Waals surface area contributed by atoms with Crippen LogP contribution in [0.3, 0.4) is 0 Å². The van der Waals surface area contributed by atoms with Crippen LogP contribution in [0.5, 0.6) is 5.75 Å². The van der Waals surface area contributed by atoms with Gasteiger partial charge >= 0.3 is 24.4 Å². The van der Waals surface area contributed by atoms with Gasteiger partial charge in [-0.05, 0) is 96.2 Å². The van der Waals surface area contributed by atoms with Crippen LogP contribution in [0.1, 0.15) is 70.2 Å². The summed E-state index contributed by atoms with van der Waals surface area (Å²) in [5, 5.41) is 46.2. The normalized spacial score (nSPS) is 13.8. The van der Waals surface area contributed by atoms with Crippen molar-refractivity contribution in [3.8, 4) is 5.75 Å². The first kappa shape index (κ1) is 50.3.